The Kier molecular flexibility index (Phi) is 4.39. The molecule has 2 saturated heterocycles. The predicted octanol–water partition coefficient (Wildman–Crippen LogP) is 1.98. The molecular weight excluding hydrogens is 352 g/mol. The number of nitrogens with zero attached hydrogens (tertiary/aromatic N) is 1. The lowest BCUT2D eigenvalue weighted by Crippen LogP contribution is -2.36. The Bertz CT molecular complexity index is 849. The summed E-state index contributed by atoms with van der Waals surface area (Å²) in [6.45, 7) is 2.75. The number of carbonyl (C=O) groups is 2. The van der Waals surface area contributed by atoms with Crippen LogP contribution in [0.3, 0.4) is 0 Å². The smallest absolute Gasteiger partial charge is 0.317 e. The highest BCUT2D eigenvalue weighted by Gasteiger charge is 2.38. The standard InChI is InChI=1S/C18H20N4O3S/c19-16(23)14-6-15(26-17(14)21-18(20)24)11-3-1-10(2-4-11)7-22-8-13-5-12(22)9-25-13/h1-4,6,12-13H,5,7-9H2,(H2,19,23)(H3,20,21,24)/t12-,13?/m0/s1. The van der Waals surface area contributed by atoms with Gasteiger partial charge in [0.1, 0.15) is 5.00 Å². The Labute approximate surface area is 154 Å². The second-order valence-electron chi connectivity index (χ2n) is 6.68. The predicted molar refractivity (Wildman–Crippen MR) is 100 cm³/mol. The van der Waals surface area contributed by atoms with Gasteiger partial charge in [0.2, 0.25) is 0 Å². The zero-order valence-corrected chi connectivity index (χ0v) is 14.9. The summed E-state index contributed by atoms with van der Waals surface area (Å²) in [6.07, 6.45) is 1.53. The van der Waals surface area contributed by atoms with Gasteiger partial charge in [0, 0.05) is 24.0 Å². The second kappa shape index (κ2) is 6.71. The van der Waals surface area contributed by atoms with Crippen LogP contribution in [0.5, 0.6) is 0 Å². The van der Waals surface area contributed by atoms with E-state index < -0.39 is 11.9 Å². The number of primary amides is 2. The molecule has 7 nitrogen and oxygen atoms in total. The van der Waals surface area contributed by atoms with Gasteiger partial charge in [-0.1, -0.05) is 24.3 Å². The average Bonchev–Trinajstić information content (AvgIpc) is 3.30. The molecule has 0 radical (unpaired) electrons. The number of hydrogen-bond donors (Lipinski definition) is 3. The minimum atomic E-state index is -0.722. The molecule has 2 fully saturated rings. The summed E-state index contributed by atoms with van der Waals surface area (Å²) in [6, 6.07) is 9.72. The molecule has 26 heavy (non-hydrogen) atoms. The van der Waals surface area contributed by atoms with E-state index in [0.717, 1.165) is 36.6 Å². The van der Waals surface area contributed by atoms with Gasteiger partial charge in [0.05, 0.1) is 18.3 Å². The van der Waals surface area contributed by atoms with Gasteiger partial charge >= 0.3 is 6.03 Å². The molecule has 2 bridgehead atoms. The third-order valence-electron chi connectivity index (χ3n) is 4.87. The molecule has 4 rings (SSSR count). The van der Waals surface area contributed by atoms with Gasteiger partial charge < -0.3 is 16.2 Å². The Hall–Kier alpha value is -2.42. The number of nitrogens with one attached hydrogen (secondary N) is 1. The SMILES string of the molecule is NC(=O)Nc1sc(-c2ccc(CN3CC4C[C@H]3CO4)cc2)cc1C(N)=O. The summed E-state index contributed by atoms with van der Waals surface area (Å²) in [4.78, 5) is 26.0. The maximum absolute atomic E-state index is 11.6. The highest BCUT2D eigenvalue weighted by atomic mass is 32.1. The third-order valence-corrected chi connectivity index (χ3v) is 5.97. The number of thiophene rings is 1. The van der Waals surface area contributed by atoms with Gasteiger partial charge in [-0.05, 0) is 23.6 Å². The molecule has 2 aliphatic heterocycles. The fourth-order valence-corrected chi connectivity index (χ4v) is 4.67. The first kappa shape index (κ1) is 17.0. The number of ether oxygens (including phenoxy) is 1. The van der Waals surface area contributed by atoms with Crippen LogP contribution in [0.15, 0.2) is 30.3 Å². The number of anilines is 1. The summed E-state index contributed by atoms with van der Waals surface area (Å²) in [7, 11) is 0. The zero-order valence-electron chi connectivity index (χ0n) is 14.1. The quantitative estimate of drug-likeness (QED) is 0.745. The first-order chi connectivity index (χ1) is 12.5. The van der Waals surface area contributed by atoms with Crippen molar-refractivity contribution >= 4 is 28.3 Å². The number of morpholine rings is 1. The molecule has 1 aromatic heterocycles. The molecule has 0 saturated carbocycles. The van der Waals surface area contributed by atoms with E-state index in [1.165, 1.54) is 16.9 Å². The fourth-order valence-electron chi connectivity index (χ4n) is 3.60. The number of hydrogen-bond acceptors (Lipinski definition) is 5. The van der Waals surface area contributed by atoms with Crippen molar-refractivity contribution in [3.05, 3.63) is 41.5 Å². The largest absolute Gasteiger partial charge is 0.375 e. The summed E-state index contributed by atoms with van der Waals surface area (Å²) in [5.74, 6) is -0.598. The van der Waals surface area contributed by atoms with Gasteiger partial charge in [0.15, 0.2) is 0 Å². The molecule has 1 aromatic carbocycles. The van der Waals surface area contributed by atoms with Crippen LogP contribution in [-0.2, 0) is 11.3 Å². The van der Waals surface area contributed by atoms with Crippen molar-refractivity contribution in [2.45, 2.75) is 25.1 Å². The van der Waals surface area contributed by atoms with Crippen LogP contribution in [-0.4, -0.2) is 42.1 Å². The van der Waals surface area contributed by atoms with Crippen molar-refractivity contribution in [1.82, 2.24) is 4.90 Å². The highest BCUT2D eigenvalue weighted by Crippen LogP contribution is 2.36. The van der Waals surface area contributed by atoms with E-state index in [9.17, 15) is 9.59 Å². The summed E-state index contributed by atoms with van der Waals surface area (Å²) < 4.78 is 5.64. The van der Waals surface area contributed by atoms with Crippen LogP contribution in [0.1, 0.15) is 22.3 Å². The third kappa shape index (κ3) is 3.31. The second-order valence-corrected chi connectivity index (χ2v) is 7.73. The molecule has 2 aliphatic rings. The van der Waals surface area contributed by atoms with E-state index >= 15 is 0 Å². The number of carbonyl (C=O) groups excluding carboxylic acids is 2. The number of rotatable bonds is 5. The summed E-state index contributed by atoms with van der Waals surface area (Å²) in [5, 5.41) is 2.83. The Morgan fingerprint density at radius 1 is 1.27 bits per heavy atom. The van der Waals surface area contributed by atoms with Gasteiger partial charge in [-0.15, -0.1) is 11.3 Å². The Balaban J connectivity index is 1.51. The van der Waals surface area contributed by atoms with Crippen LogP contribution < -0.4 is 16.8 Å². The minimum absolute atomic E-state index is 0.265. The van der Waals surface area contributed by atoms with Crippen LogP contribution in [0.25, 0.3) is 10.4 Å². The van der Waals surface area contributed by atoms with Crippen molar-refractivity contribution in [3.8, 4) is 10.4 Å². The monoisotopic (exact) mass is 372 g/mol. The van der Waals surface area contributed by atoms with Crippen LogP contribution >= 0.6 is 11.3 Å². The minimum Gasteiger partial charge on any atom is -0.375 e. The van der Waals surface area contributed by atoms with Gasteiger partial charge in [0.25, 0.3) is 5.91 Å². The van der Waals surface area contributed by atoms with Crippen molar-refractivity contribution in [3.63, 3.8) is 0 Å². The summed E-state index contributed by atoms with van der Waals surface area (Å²) >= 11 is 1.28. The molecular formula is C18H20N4O3S. The van der Waals surface area contributed by atoms with E-state index in [1.54, 1.807) is 6.07 Å². The first-order valence-corrected chi connectivity index (χ1v) is 9.26. The highest BCUT2D eigenvalue weighted by molar-refractivity contribution is 7.20. The van der Waals surface area contributed by atoms with Crippen LogP contribution in [0, 0.1) is 0 Å². The molecule has 1 unspecified atom stereocenters. The lowest BCUT2D eigenvalue weighted by Gasteiger charge is -2.26. The molecule has 2 atom stereocenters. The molecule has 3 heterocycles. The average molecular weight is 372 g/mol. The molecule has 2 aromatic rings. The number of nitrogens with two attached hydrogens (primary N) is 2. The lowest BCUT2D eigenvalue weighted by molar-refractivity contribution is 0.0273. The van der Waals surface area contributed by atoms with Crippen molar-refractivity contribution in [1.29, 1.82) is 0 Å². The van der Waals surface area contributed by atoms with E-state index in [-0.39, 0.29) is 5.56 Å². The van der Waals surface area contributed by atoms with E-state index in [2.05, 4.69) is 22.3 Å². The topological polar surface area (TPSA) is 111 Å². The number of urea groups is 1. The normalized spacial score (nSPS) is 21.8. The lowest BCUT2D eigenvalue weighted by atomic mass is 10.1. The van der Waals surface area contributed by atoms with E-state index in [0.29, 0.717) is 17.1 Å². The zero-order chi connectivity index (χ0) is 18.3. The maximum atomic E-state index is 11.6. The molecule has 8 heteroatoms. The Morgan fingerprint density at radius 2 is 2.04 bits per heavy atom. The van der Waals surface area contributed by atoms with Crippen molar-refractivity contribution in [2.75, 3.05) is 18.5 Å². The van der Waals surface area contributed by atoms with Crippen LogP contribution in [0.2, 0.25) is 0 Å². The molecule has 5 N–H and O–H groups in total. The van der Waals surface area contributed by atoms with Gasteiger partial charge in [-0.2, -0.15) is 0 Å². The summed E-state index contributed by atoms with van der Waals surface area (Å²) in [5.41, 5.74) is 13.0. The Morgan fingerprint density at radius 3 is 2.62 bits per heavy atom. The molecule has 0 aliphatic carbocycles. The van der Waals surface area contributed by atoms with Crippen molar-refractivity contribution in [2.24, 2.45) is 11.5 Å². The molecule has 136 valence electrons. The molecule has 3 amide bonds. The fraction of sp³-hybridized carbons (Fsp3) is 0.333. The number of benzene rings is 1. The number of likely N-dealkylation sites (tertiary alicyclic amines) is 1. The van der Waals surface area contributed by atoms with Crippen LogP contribution in [0.4, 0.5) is 9.80 Å². The van der Waals surface area contributed by atoms with Crippen molar-refractivity contribution < 1.29 is 14.3 Å². The van der Waals surface area contributed by atoms with E-state index in [4.69, 9.17) is 16.2 Å². The number of amides is 3. The first-order valence-electron chi connectivity index (χ1n) is 8.44. The molecule has 0 spiro atoms. The van der Waals surface area contributed by atoms with Gasteiger partial charge in [-0.3, -0.25) is 15.0 Å². The van der Waals surface area contributed by atoms with Gasteiger partial charge in [-0.25, -0.2) is 4.79 Å². The maximum Gasteiger partial charge on any atom is 0.317 e. The number of fused-ring (bicyclic) bond motifs is 2. The van der Waals surface area contributed by atoms with E-state index in [1.807, 2.05) is 12.1 Å².